The average molecular weight is 240 g/mol. The van der Waals surface area contributed by atoms with Gasteiger partial charge < -0.3 is 5.73 Å². The zero-order valence-corrected chi connectivity index (χ0v) is 10.6. The Morgan fingerprint density at radius 3 is 2.44 bits per heavy atom. The van der Waals surface area contributed by atoms with Gasteiger partial charge in [0, 0.05) is 12.6 Å². The molecule has 1 aromatic heterocycles. The van der Waals surface area contributed by atoms with E-state index in [1.807, 2.05) is 32.0 Å². The molecule has 1 aromatic carbocycles. The molecule has 3 nitrogen and oxygen atoms in total. The third-order valence-electron chi connectivity index (χ3n) is 3.08. The molecule has 0 unspecified atom stereocenters. The molecule has 0 saturated heterocycles. The Labute approximate surface area is 107 Å². The number of carbonyl (C=O) groups excluding carboxylic acids is 1. The fourth-order valence-corrected chi connectivity index (χ4v) is 2.02. The lowest BCUT2D eigenvalue weighted by Gasteiger charge is -2.09. The Bertz CT molecular complexity index is 571. The van der Waals surface area contributed by atoms with Crippen molar-refractivity contribution in [3.8, 4) is 0 Å². The number of ketones is 1. The van der Waals surface area contributed by atoms with E-state index in [0.717, 1.165) is 16.7 Å². The first-order chi connectivity index (χ1) is 8.59. The van der Waals surface area contributed by atoms with Gasteiger partial charge in [-0.3, -0.25) is 9.78 Å². The Morgan fingerprint density at radius 1 is 1.17 bits per heavy atom. The molecule has 0 atom stereocenters. The van der Waals surface area contributed by atoms with Crippen LogP contribution in [0.2, 0.25) is 0 Å². The first-order valence-electron chi connectivity index (χ1n) is 5.88. The van der Waals surface area contributed by atoms with E-state index in [9.17, 15) is 4.79 Å². The molecule has 0 saturated carbocycles. The van der Waals surface area contributed by atoms with Crippen molar-refractivity contribution in [3.05, 3.63) is 58.9 Å². The molecular formula is C15H16N2O. The number of aromatic nitrogens is 1. The maximum absolute atomic E-state index is 12.2. The zero-order valence-electron chi connectivity index (χ0n) is 10.6. The number of benzene rings is 1. The van der Waals surface area contributed by atoms with Crippen molar-refractivity contribution in [2.24, 2.45) is 0 Å². The van der Waals surface area contributed by atoms with Crippen molar-refractivity contribution in [3.63, 3.8) is 0 Å². The van der Waals surface area contributed by atoms with Crippen LogP contribution >= 0.6 is 0 Å². The quantitative estimate of drug-likeness (QED) is 0.839. The number of pyridine rings is 1. The Hall–Kier alpha value is -2.16. The van der Waals surface area contributed by atoms with Gasteiger partial charge >= 0.3 is 0 Å². The minimum Gasteiger partial charge on any atom is -0.397 e. The lowest BCUT2D eigenvalue weighted by atomic mass is 9.97. The van der Waals surface area contributed by atoms with Crippen LogP contribution in [0.1, 0.15) is 27.2 Å². The minimum absolute atomic E-state index is 0.0366. The molecule has 0 amide bonds. The number of carbonyl (C=O) groups is 1. The molecule has 0 radical (unpaired) electrons. The van der Waals surface area contributed by atoms with Crippen molar-refractivity contribution in [1.82, 2.24) is 4.98 Å². The predicted octanol–water partition coefficient (Wildman–Crippen LogP) is 2.71. The van der Waals surface area contributed by atoms with Gasteiger partial charge in [0.25, 0.3) is 0 Å². The fourth-order valence-electron chi connectivity index (χ4n) is 2.02. The molecule has 2 N–H and O–H groups in total. The number of anilines is 1. The maximum atomic E-state index is 12.2. The van der Waals surface area contributed by atoms with E-state index in [0.29, 0.717) is 17.8 Å². The lowest BCUT2D eigenvalue weighted by molar-refractivity contribution is 0.0989. The molecule has 92 valence electrons. The number of hydrogen-bond donors (Lipinski definition) is 1. The highest BCUT2D eigenvalue weighted by Gasteiger charge is 2.14. The van der Waals surface area contributed by atoms with Gasteiger partial charge in [-0.15, -0.1) is 0 Å². The zero-order chi connectivity index (χ0) is 13.1. The summed E-state index contributed by atoms with van der Waals surface area (Å²) in [5.41, 5.74) is 9.88. The van der Waals surface area contributed by atoms with Crippen LogP contribution in [0.25, 0.3) is 0 Å². The van der Waals surface area contributed by atoms with Gasteiger partial charge in [0.05, 0.1) is 5.69 Å². The number of rotatable bonds is 3. The fraction of sp³-hybridized carbons (Fsp3) is 0.200. The summed E-state index contributed by atoms with van der Waals surface area (Å²) in [6.07, 6.45) is 1.94. The second-order valence-corrected chi connectivity index (χ2v) is 4.41. The average Bonchev–Trinajstić information content (AvgIpc) is 2.34. The summed E-state index contributed by atoms with van der Waals surface area (Å²) in [5, 5.41) is 0. The molecule has 0 fully saturated rings. The van der Waals surface area contributed by atoms with Gasteiger partial charge in [-0.25, -0.2) is 0 Å². The highest BCUT2D eigenvalue weighted by atomic mass is 16.1. The normalized spacial score (nSPS) is 10.3. The third kappa shape index (κ3) is 2.40. The van der Waals surface area contributed by atoms with Crippen LogP contribution in [-0.4, -0.2) is 10.8 Å². The van der Waals surface area contributed by atoms with E-state index >= 15 is 0 Å². The van der Waals surface area contributed by atoms with Gasteiger partial charge in [0.15, 0.2) is 5.78 Å². The van der Waals surface area contributed by atoms with Crippen LogP contribution in [0.4, 0.5) is 5.69 Å². The van der Waals surface area contributed by atoms with Crippen LogP contribution in [0, 0.1) is 13.8 Å². The van der Waals surface area contributed by atoms with Crippen molar-refractivity contribution in [2.45, 2.75) is 20.3 Å². The van der Waals surface area contributed by atoms with Crippen LogP contribution in [0.3, 0.4) is 0 Å². The van der Waals surface area contributed by atoms with Gasteiger partial charge in [0.2, 0.25) is 0 Å². The van der Waals surface area contributed by atoms with Crippen molar-refractivity contribution in [2.75, 3.05) is 5.73 Å². The third-order valence-corrected chi connectivity index (χ3v) is 3.08. The van der Waals surface area contributed by atoms with Crippen molar-refractivity contribution in [1.29, 1.82) is 0 Å². The van der Waals surface area contributed by atoms with Crippen LogP contribution in [0.15, 0.2) is 36.5 Å². The predicted molar refractivity (Wildman–Crippen MR) is 72.6 cm³/mol. The Balaban J connectivity index is 2.30. The lowest BCUT2D eigenvalue weighted by Crippen LogP contribution is -2.10. The molecular weight excluding hydrogens is 224 g/mol. The first kappa shape index (κ1) is 12.3. The molecule has 0 bridgehead atoms. The van der Waals surface area contributed by atoms with Crippen molar-refractivity contribution >= 4 is 11.5 Å². The highest BCUT2D eigenvalue weighted by molar-refractivity contribution is 6.00. The van der Waals surface area contributed by atoms with E-state index in [1.54, 1.807) is 18.3 Å². The van der Waals surface area contributed by atoms with Gasteiger partial charge in [-0.2, -0.15) is 0 Å². The number of nitrogens with two attached hydrogens (primary N) is 1. The van der Waals surface area contributed by atoms with E-state index in [2.05, 4.69) is 4.98 Å². The molecule has 0 aliphatic rings. The van der Waals surface area contributed by atoms with Crippen LogP contribution in [0.5, 0.6) is 0 Å². The van der Waals surface area contributed by atoms with Gasteiger partial charge in [0.1, 0.15) is 5.69 Å². The monoisotopic (exact) mass is 240 g/mol. The minimum atomic E-state index is -0.0366. The van der Waals surface area contributed by atoms with E-state index in [4.69, 9.17) is 5.73 Å². The van der Waals surface area contributed by atoms with Gasteiger partial charge in [-0.1, -0.05) is 18.2 Å². The summed E-state index contributed by atoms with van der Waals surface area (Å²) < 4.78 is 0. The Kier molecular flexibility index (Phi) is 3.42. The summed E-state index contributed by atoms with van der Waals surface area (Å²) in [4.78, 5) is 16.3. The summed E-state index contributed by atoms with van der Waals surface area (Å²) in [6.45, 7) is 4.02. The van der Waals surface area contributed by atoms with Crippen LogP contribution < -0.4 is 5.73 Å². The second-order valence-electron chi connectivity index (χ2n) is 4.41. The number of nitrogen functional groups attached to an aromatic ring is 1. The molecule has 2 aromatic rings. The molecule has 1 heterocycles. The molecule has 0 spiro atoms. The summed E-state index contributed by atoms with van der Waals surface area (Å²) in [7, 11) is 0. The Morgan fingerprint density at radius 2 is 1.83 bits per heavy atom. The molecule has 2 rings (SSSR count). The highest BCUT2D eigenvalue weighted by Crippen LogP contribution is 2.17. The summed E-state index contributed by atoms with van der Waals surface area (Å²) in [5.74, 6) is -0.0366. The first-order valence-corrected chi connectivity index (χ1v) is 5.88. The van der Waals surface area contributed by atoms with E-state index < -0.39 is 0 Å². The standard InChI is InChI=1S/C15H16N2O/c1-10-5-3-6-11(2)12(10)9-14(18)15-13(16)7-4-8-17-15/h3-8H,9,16H2,1-2H3. The summed E-state index contributed by atoms with van der Waals surface area (Å²) in [6, 6.07) is 9.44. The van der Waals surface area contributed by atoms with Crippen LogP contribution in [-0.2, 0) is 6.42 Å². The van der Waals surface area contributed by atoms with E-state index in [-0.39, 0.29) is 5.78 Å². The van der Waals surface area contributed by atoms with Crippen molar-refractivity contribution < 1.29 is 4.79 Å². The molecule has 0 aliphatic carbocycles. The molecule has 0 aliphatic heterocycles. The van der Waals surface area contributed by atoms with E-state index in [1.165, 1.54) is 0 Å². The number of hydrogen-bond acceptors (Lipinski definition) is 3. The summed E-state index contributed by atoms with van der Waals surface area (Å²) >= 11 is 0. The largest absolute Gasteiger partial charge is 0.397 e. The molecule has 3 heteroatoms. The topological polar surface area (TPSA) is 56.0 Å². The number of Topliss-reactive ketones (excluding diaryl/α,β-unsaturated/α-hetero) is 1. The van der Waals surface area contributed by atoms with Gasteiger partial charge in [-0.05, 0) is 42.7 Å². The smallest absolute Gasteiger partial charge is 0.187 e. The number of nitrogens with zero attached hydrogens (tertiary/aromatic N) is 1. The molecule has 18 heavy (non-hydrogen) atoms. The SMILES string of the molecule is Cc1cccc(C)c1CC(=O)c1ncccc1N. The number of aryl methyl sites for hydroxylation is 2. The maximum Gasteiger partial charge on any atom is 0.187 e. The second kappa shape index (κ2) is 5.00.